The molecule has 29 heavy (non-hydrogen) atoms. The number of carbonyl (C=O) groups excluding carboxylic acids is 2. The summed E-state index contributed by atoms with van der Waals surface area (Å²) in [5, 5.41) is 10.8. The molecule has 1 aliphatic rings. The Balaban J connectivity index is 2.37. The predicted octanol–water partition coefficient (Wildman–Crippen LogP) is 4.72. The van der Waals surface area contributed by atoms with Crippen LogP contribution in [-0.2, 0) is 14.3 Å². The number of aliphatic hydroxyl groups excluding tert-OH is 1. The first-order valence-corrected chi connectivity index (χ1v) is 10.7. The summed E-state index contributed by atoms with van der Waals surface area (Å²) >= 11 is 1.10. The highest BCUT2D eigenvalue weighted by Gasteiger charge is 2.33. The first-order valence-electron chi connectivity index (χ1n) is 9.92. The molecular weight excluding hydrogens is 388 g/mol. The molecule has 1 N–H and O–H groups in total. The number of amides is 1. The molecule has 1 heterocycles. The van der Waals surface area contributed by atoms with E-state index in [1.54, 1.807) is 13.0 Å². The molecule has 1 aromatic carbocycles. The van der Waals surface area contributed by atoms with Crippen molar-refractivity contribution in [1.82, 2.24) is 0 Å². The molecule has 0 unspecified atom stereocenters. The number of aliphatic imine (C=N–C) groups is 1. The van der Waals surface area contributed by atoms with Gasteiger partial charge in [-0.05, 0) is 51.0 Å². The zero-order valence-corrected chi connectivity index (χ0v) is 18.2. The fraction of sp³-hybridized carbons (Fsp3) is 0.409. The Labute approximate surface area is 176 Å². The van der Waals surface area contributed by atoms with Crippen LogP contribution in [0.1, 0.15) is 46.1 Å². The van der Waals surface area contributed by atoms with Crippen LogP contribution in [-0.4, -0.2) is 41.7 Å². The van der Waals surface area contributed by atoms with E-state index in [0.717, 1.165) is 36.1 Å². The van der Waals surface area contributed by atoms with Crippen molar-refractivity contribution in [2.75, 3.05) is 24.6 Å². The molecular formula is C22H28N2O4S. The van der Waals surface area contributed by atoms with E-state index in [1.165, 1.54) is 0 Å². The number of anilines is 1. The van der Waals surface area contributed by atoms with Crippen molar-refractivity contribution in [2.45, 2.75) is 40.5 Å². The van der Waals surface area contributed by atoms with Gasteiger partial charge in [-0.3, -0.25) is 4.79 Å². The van der Waals surface area contributed by atoms with E-state index in [0.29, 0.717) is 11.3 Å². The van der Waals surface area contributed by atoms with Crippen molar-refractivity contribution in [1.29, 1.82) is 0 Å². The summed E-state index contributed by atoms with van der Waals surface area (Å²) in [4.78, 5) is 31.0. The molecule has 0 saturated carbocycles. The molecule has 6 nitrogen and oxygen atoms in total. The van der Waals surface area contributed by atoms with Gasteiger partial charge in [0.2, 0.25) is 5.91 Å². The normalized spacial score (nSPS) is 16.6. The second-order valence-corrected chi connectivity index (χ2v) is 7.41. The Bertz CT molecular complexity index is 837. The average Bonchev–Trinajstić information content (AvgIpc) is 2.99. The minimum Gasteiger partial charge on any atom is -0.506 e. The van der Waals surface area contributed by atoms with Gasteiger partial charge in [0.1, 0.15) is 16.4 Å². The first-order chi connectivity index (χ1) is 13.9. The minimum atomic E-state index is -0.680. The summed E-state index contributed by atoms with van der Waals surface area (Å²) in [5.41, 5.74) is 1.95. The highest BCUT2D eigenvalue weighted by molar-refractivity contribution is 8.18. The molecule has 0 spiro atoms. The monoisotopic (exact) mass is 416 g/mol. The van der Waals surface area contributed by atoms with E-state index < -0.39 is 5.97 Å². The van der Waals surface area contributed by atoms with Gasteiger partial charge in [0.25, 0.3) is 0 Å². The number of thioether (sulfide) groups is 1. The van der Waals surface area contributed by atoms with Gasteiger partial charge in [0.15, 0.2) is 0 Å². The third kappa shape index (κ3) is 5.73. The van der Waals surface area contributed by atoms with Crippen molar-refractivity contribution in [3.8, 4) is 0 Å². The third-order valence-corrected chi connectivity index (χ3v) is 5.40. The number of carbonyl (C=O) groups is 2. The number of rotatable bonds is 8. The molecule has 2 rings (SSSR count). The Morgan fingerprint density at radius 3 is 2.34 bits per heavy atom. The number of ether oxygens (including phenoxy) is 1. The second kappa shape index (κ2) is 10.9. The summed E-state index contributed by atoms with van der Waals surface area (Å²) in [6.45, 7) is 9.79. The molecule has 0 saturated heterocycles. The summed E-state index contributed by atoms with van der Waals surface area (Å²) in [6.07, 6.45) is 2.72. The largest absolute Gasteiger partial charge is 0.506 e. The maximum atomic E-state index is 12.3. The van der Waals surface area contributed by atoms with Gasteiger partial charge in [-0.15, -0.1) is 0 Å². The maximum absolute atomic E-state index is 12.3. The van der Waals surface area contributed by atoms with Crippen molar-refractivity contribution >= 4 is 40.4 Å². The van der Waals surface area contributed by atoms with Gasteiger partial charge < -0.3 is 14.7 Å². The summed E-state index contributed by atoms with van der Waals surface area (Å²) in [7, 11) is 0. The van der Waals surface area contributed by atoms with E-state index in [-0.39, 0.29) is 35.3 Å². The number of hydrogen-bond donors (Lipinski definition) is 1. The predicted molar refractivity (Wildman–Crippen MR) is 119 cm³/mol. The van der Waals surface area contributed by atoms with Crippen molar-refractivity contribution in [3.63, 3.8) is 0 Å². The third-order valence-electron chi connectivity index (χ3n) is 4.38. The molecule has 0 atom stereocenters. The van der Waals surface area contributed by atoms with E-state index in [4.69, 9.17) is 4.74 Å². The van der Waals surface area contributed by atoms with Crippen LogP contribution in [0.15, 0.2) is 45.5 Å². The summed E-state index contributed by atoms with van der Waals surface area (Å²) < 4.78 is 5.04. The zero-order valence-electron chi connectivity index (χ0n) is 17.4. The molecule has 7 heteroatoms. The van der Waals surface area contributed by atoms with Crippen molar-refractivity contribution in [2.24, 2.45) is 4.99 Å². The zero-order chi connectivity index (χ0) is 21.4. The lowest BCUT2D eigenvalue weighted by molar-refractivity contribution is -0.138. The molecule has 0 bridgehead atoms. The number of hydrogen-bond acceptors (Lipinski definition) is 6. The minimum absolute atomic E-state index is 0.0488. The fourth-order valence-electron chi connectivity index (χ4n) is 2.90. The topological polar surface area (TPSA) is 79.2 Å². The molecule has 0 radical (unpaired) electrons. The number of benzene rings is 1. The quantitative estimate of drug-likeness (QED) is 0.618. The van der Waals surface area contributed by atoms with Crippen LogP contribution in [0.3, 0.4) is 0 Å². The van der Waals surface area contributed by atoms with Crippen LogP contribution in [0.2, 0.25) is 0 Å². The van der Waals surface area contributed by atoms with E-state index in [1.807, 2.05) is 31.2 Å². The highest BCUT2D eigenvalue weighted by Crippen LogP contribution is 2.39. The van der Waals surface area contributed by atoms with Crippen molar-refractivity contribution in [3.05, 3.63) is 46.1 Å². The molecule has 1 amide bonds. The van der Waals surface area contributed by atoms with Gasteiger partial charge in [-0.25, -0.2) is 9.79 Å². The second-order valence-electron chi connectivity index (χ2n) is 6.38. The SMILES string of the molecule is CCCC(=O)N=C1S/C(=C\c2ccc(N(CC)CC)cc2)C(O)=C1C(=O)OCC. The maximum Gasteiger partial charge on any atom is 0.344 e. The van der Waals surface area contributed by atoms with Crippen LogP contribution < -0.4 is 4.90 Å². The van der Waals surface area contributed by atoms with Gasteiger partial charge >= 0.3 is 5.97 Å². The Kier molecular flexibility index (Phi) is 8.51. The highest BCUT2D eigenvalue weighted by atomic mass is 32.2. The molecule has 1 aromatic rings. The molecule has 0 aromatic heterocycles. The van der Waals surface area contributed by atoms with Crippen LogP contribution in [0.5, 0.6) is 0 Å². The van der Waals surface area contributed by atoms with Crippen LogP contribution in [0, 0.1) is 0 Å². The standard InChI is InChI=1S/C22H28N2O4S/c1-5-9-18(25)23-21-19(22(27)28-8-4)20(26)17(29-21)14-15-10-12-16(13-11-15)24(6-2)7-3/h10-14,26H,5-9H2,1-4H3/b17-14-,23-21?. The van der Waals surface area contributed by atoms with E-state index in [2.05, 4.69) is 23.7 Å². The Morgan fingerprint density at radius 2 is 1.79 bits per heavy atom. The number of esters is 1. The van der Waals surface area contributed by atoms with Gasteiger partial charge in [-0.1, -0.05) is 30.8 Å². The smallest absolute Gasteiger partial charge is 0.344 e. The Hall–Kier alpha value is -2.54. The van der Waals surface area contributed by atoms with Gasteiger partial charge in [0.05, 0.1) is 11.5 Å². The lowest BCUT2D eigenvalue weighted by atomic mass is 10.1. The molecule has 0 fully saturated rings. The van der Waals surface area contributed by atoms with Crippen LogP contribution in [0.4, 0.5) is 5.69 Å². The average molecular weight is 417 g/mol. The first kappa shape index (κ1) is 22.7. The van der Waals surface area contributed by atoms with E-state index in [9.17, 15) is 14.7 Å². The summed E-state index contributed by atoms with van der Waals surface area (Å²) in [6, 6.07) is 7.95. The van der Waals surface area contributed by atoms with Crippen LogP contribution >= 0.6 is 11.8 Å². The lowest BCUT2D eigenvalue weighted by Crippen LogP contribution is -2.21. The number of aliphatic hydroxyl groups is 1. The lowest BCUT2D eigenvalue weighted by Gasteiger charge is -2.20. The Morgan fingerprint density at radius 1 is 1.14 bits per heavy atom. The summed E-state index contributed by atoms with van der Waals surface area (Å²) in [5.74, 6) is -1.21. The molecule has 156 valence electrons. The number of nitrogens with zero attached hydrogens (tertiary/aromatic N) is 2. The van der Waals surface area contributed by atoms with Gasteiger partial charge in [0, 0.05) is 25.2 Å². The fourth-order valence-corrected chi connectivity index (χ4v) is 3.93. The van der Waals surface area contributed by atoms with Crippen molar-refractivity contribution < 1.29 is 19.4 Å². The molecule has 1 aliphatic heterocycles. The molecule has 0 aliphatic carbocycles. The van der Waals surface area contributed by atoms with Gasteiger partial charge in [-0.2, -0.15) is 0 Å². The van der Waals surface area contributed by atoms with E-state index >= 15 is 0 Å². The van der Waals surface area contributed by atoms with Crippen LogP contribution in [0.25, 0.3) is 6.08 Å².